The fourth-order valence-electron chi connectivity index (χ4n) is 1.21. The lowest BCUT2D eigenvalue weighted by atomic mass is 10.2. The Morgan fingerprint density at radius 3 is 2.42 bits per heavy atom. The van der Waals surface area contributed by atoms with Crippen molar-refractivity contribution in [2.24, 2.45) is 0 Å². The molecular weight excluding hydrogens is 154 g/mol. The van der Waals surface area contributed by atoms with Crippen molar-refractivity contribution in [1.82, 2.24) is 4.90 Å². The molecule has 0 rings (SSSR count). The third-order valence-corrected chi connectivity index (χ3v) is 1.97. The number of hydrogen-bond donors (Lipinski definition) is 1. The van der Waals surface area contributed by atoms with Crippen LogP contribution in [0.25, 0.3) is 0 Å². The molecule has 0 aromatic rings. The Hall–Kier alpha value is -0.570. The van der Waals surface area contributed by atoms with Crippen LogP contribution < -0.4 is 0 Å². The lowest BCUT2D eigenvalue weighted by Gasteiger charge is -2.24. The summed E-state index contributed by atoms with van der Waals surface area (Å²) in [4.78, 5) is 12.5. The molecular formula is C9H19NO2. The molecule has 0 amide bonds. The second-order valence-electron chi connectivity index (χ2n) is 3.22. The van der Waals surface area contributed by atoms with Gasteiger partial charge in [-0.05, 0) is 33.4 Å². The Morgan fingerprint density at radius 1 is 1.50 bits per heavy atom. The normalized spacial score (nSPS) is 11.1. The van der Waals surface area contributed by atoms with E-state index in [1.54, 1.807) is 0 Å². The van der Waals surface area contributed by atoms with Gasteiger partial charge in [0.1, 0.15) is 0 Å². The van der Waals surface area contributed by atoms with E-state index in [0.717, 1.165) is 19.5 Å². The molecule has 0 aromatic carbocycles. The van der Waals surface area contributed by atoms with Gasteiger partial charge >= 0.3 is 5.97 Å². The van der Waals surface area contributed by atoms with E-state index >= 15 is 0 Å². The van der Waals surface area contributed by atoms with Gasteiger partial charge in [-0.15, -0.1) is 0 Å². The van der Waals surface area contributed by atoms with Crippen molar-refractivity contribution < 1.29 is 9.90 Å². The Morgan fingerprint density at radius 2 is 2.08 bits per heavy atom. The minimum Gasteiger partial charge on any atom is -0.481 e. The Balaban J connectivity index is 3.51. The molecule has 0 heterocycles. The molecule has 3 nitrogen and oxygen atoms in total. The van der Waals surface area contributed by atoms with Gasteiger partial charge in [-0.3, -0.25) is 4.79 Å². The van der Waals surface area contributed by atoms with E-state index < -0.39 is 5.97 Å². The van der Waals surface area contributed by atoms with Crippen LogP contribution in [0.4, 0.5) is 0 Å². The fraction of sp³-hybridized carbons (Fsp3) is 0.889. The topological polar surface area (TPSA) is 40.5 Å². The first-order valence-corrected chi connectivity index (χ1v) is 4.53. The molecule has 1 N–H and O–H groups in total. The molecule has 0 aliphatic heterocycles. The Kier molecular flexibility index (Phi) is 5.72. The van der Waals surface area contributed by atoms with Crippen LogP contribution in [-0.2, 0) is 4.79 Å². The summed E-state index contributed by atoms with van der Waals surface area (Å²) in [7, 11) is 0. The molecule has 0 fully saturated rings. The molecule has 0 saturated heterocycles. The van der Waals surface area contributed by atoms with E-state index in [2.05, 4.69) is 25.7 Å². The largest absolute Gasteiger partial charge is 0.481 e. The first kappa shape index (κ1) is 11.4. The Bertz CT molecular complexity index is 134. The van der Waals surface area contributed by atoms with Gasteiger partial charge in [-0.1, -0.05) is 6.92 Å². The zero-order chi connectivity index (χ0) is 9.56. The maximum Gasteiger partial charge on any atom is 0.303 e. The van der Waals surface area contributed by atoms with Gasteiger partial charge in [0.15, 0.2) is 0 Å². The molecule has 0 saturated carbocycles. The molecule has 0 aliphatic rings. The highest BCUT2D eigenvalue weighted by Gasteiger charge is 2.06. The summed E-state index contributed by atoms with van der Waals surface area (Å²) in [6.45, 7) is 8.24. The number of hydrogen-bond acceptors (Lipinski definition) is 2. The standard InChI is InChI=1S/C9H19NO2/c1-4-10(8(2)3)7-5-6-9(11)12/h8H,4-7H2,1-3H3,(H,11,12). The van der Waals surface area contributed by atoms with E-state index in [4.69, 9.17) is 5.11 Å². The third-order valence-electron chi connectivity index (χ3n) is 1.97. The highest BCUT2D eigenvalue weighted by Crippen LogP contribution is 2.00. The molecule has 0 aliphatic carbocycles. The van der Waals surface area contributed by atoms with Crippen LogP contribution in [0.2, 0.25) is 0 Å². The average Bonchev–Trinajstić information content (AvgIpc) is 1.96. The molecule has 12 heavy (non-hydrogen) atoms. The van der Waals surface area contributed by atoms with Gasteiger partial charge in [0.25, 0.3) is 0 Å². The first-order chi connectivity index (χ1) is 5.57. The molecule has 3 heteroatoms. The predicted molar refractivity (Wildman–Crippen MR) is 49.3 cm³/mol. The summed E-state index contributed by atoms with van der Waals surface area (Å²) in [5.74, 6) is -0.699. The maximum absolute atomic E-state index is 10.2. The van der Waals surface area contributed by atoms with E-state index in [1.807, 2.05) is 0 Å². The van der Waals surface area contributed by atoms with Crippen LogP contribution in [0.1, 0.15) is 33.6 Å². The number of nitrogens with zero attached hydrogens (tertiary/aromatic N) is 1. The second kappa shape index (κ2) is 6.00. The van der Waals surface area contributed by atoms with E-state index in [0.29, 0.717) is 6.04 Å². The zero-order valence-corrected chi connectivity index (χ0v) is 8.21. The monoisotopic (exact) mass is 173 g/mol. The second-order valence-corrected chi connectivity index (χ2v) is 3.22. The van der Waals surface area contributed by atoms with Gasteiger partial charge in [0.05, 0.1) is 0 Å². The lowest BCUT2D eigenvalue weighted by Crippen LogP contribution is -2.31. The molecule has 0 radical (unpaired) electrons. The minimum atomic E-state index is -0.699. The van der Waals surface area contributed by atoms with Crippen molar-refractivity contribution in [2.45, 2.75) is 39.7 Å². The summed E-state index contributed by atoms with van der Waals surface area (Å²) in [5.41, 5.74) is 0. The van der Waals surface area contributed by atoms with Crippen molar-refractivity contribution in [3.63, 3.8) is 0 Å². The van der Waals surface area contributed by atoms with E-state index in [1.165, 1.54) is 0 Å². The van der Waals surface area contributed by atoms with Crippen LogP contribution in [0.5, 0.6) is 0 Å². The summed E-state index contributed by atoms with van der Waals surface area (Å²) in [5, 5.41) is 8.42. The van der Waals surface area contributed by atoms with Gasteiger partial charge in [-0.25, -0.2) is 0 Å². The van der Waals surface area contributed by atoms with Crippen LogP contribution >= 0.6 is 0 Å². The van der Waals surface area contributed by atoms with Crippen molar-refractivity contribution in [2.75, 3.05) is 13.1 Å². The van der Waals surface area contributed by atoms with Gasteiger partial charge in [0.2, 0.25) is 0 Å². The van der Waals surface area contributed by atoms with Crippen molar-refractivity contribution in [3.05, 3.63) is 0 Å². The number of carboxylic acids is 1. The minimum absolute atomic E-state index is 0.281. The molecule has 0 atom stereocenters. The number of carboxylic acid groups (broad SMARTS) is 1. The quantitative estimate of drug-likeness (QED) is 0.663. The fourth-order valence-corrected chi connectivity index (χ4v) is 1.21. The third kappa shape index (κ3) is 5.13. The lowest BCUT2D eigenvalue weighted by molar-refractivity contribution is -0.137. The highest BCUT2D eigenvalue weighted by atomic mass is 16.4. The van der Waals surface area contributed by atoms with Gasteiger partial charge in [0, 0.05) is 12.5 Å². The van der Waals surface area contributed by atoms with Crippen LogP contribution in [0.15, 0.2) is 0 Å². The molecule has 0 bridgehead atoms. The van der Waals surface area contributed by atoms with Crippen molar-refractivity contribution >= 4 is 5.97 Å². The summed E-state index contributed by atoms with van der Waals surface area (Å²) in [6.07, 6.45) is 1.03. The molecule has 72 valence electrons. The molecule has 0 spiro atoms. The number of carbonyl (C=O) groups is 1. The number of rotatable bonds is 6. The van der Waals surface area contributed by atoms with Crippen LogP contribution in [0, 0.1) is 0 Å². The van der Waals surface area contributed by atoms with E-state index in [-0.39, 0.29) is 6.42 Å². The predicted octanol–water partition coefficient (Wildman–Crippen LogP) is 1.58. The van der Waals surface area contributed by atoms with Crippen LogP contribution in [0.3, 0.4) is 0 Å². The van der Waals surface area contributed by atoms with E-state index in [9.17, 15) is 4.79 Å². The van der Waals surface area contributed by atoms with Crippen LogP contribution in [-0.4, -0.2) is 35.1 Å². The van der Waals surface area contributed by atoms with Crippen molar-refractivity contribution in [1.29, 1.82) is 0 Å². The number of aliphatic carboxylic acids is 1. The smallest absolute Gasteiger partial charge is 0.303 e. The summed E-state index contributed by atoms with van der Waals surface area (Å²) >= 11 is 0. The highest BCUT2D eigenvalue weighted by molar-refractivity contribution is 5.66. The molecule has 0 aromatic heterocycles. The summed E-state index contributed by atoms with van der Waals surface area (Å²) in [6, 6.07) is 0.517. The SMILES string of the molecule is CCN(CCCC(=O)O)C(C)C. The maximum atomic E-state index is 10.2. The first-order valence-electron chi connectivity index (χ1n) is 4.53. The summed E-state index contributed by atoms with van der Waals surface area (Å²) < 4.78 is 0. The average molecular weight is 173 g/mol. The van der Waals surface area contributed by atoms with Gasteiger partial charge in [-0.2, -0.15) is 0 Å². The zero-order valence-electron chi connectivity index (χ0n) is 8.21. The Labute approximate surface area is 74.4 Å². The van der Waals surface area contributed by atoms with Gasteiger partial charge < -0.3 is 10.0 Å². The van der Waals surface area contributed by atoms with Crippen molar-refractivity contribution in [3.8, 4) is 0 Å². The molecule has 0 unspecified atom stereocenters.